The van der Waals surface area contributed by atoms with E-state index in [-0.39, 0.29) is 11.1 Å². The van der Waals surface area contributed by atoms with Gasteiger partial charge in [0.25, 0.3) is 5.56 Å². The lowest BCUT2D eigenvalue weighted by Crippen LogP contribution is -2.21. The summed E-state index contributed by atoms with van der Waals surface area (Å²) in [6.07, 6.45) is 1.49. The first kappa shape index (κ1) is 16.3. The van der Waals surface area contributed by atoms with Gasteiger partial charge < -0.3 is 4.74 Å². The standard InChI is InChI=1S/C18H14ClN5O2/c1-26-15-7-3-6-14(9-15)24-17-16(21-22-24)18(25)23(11-20-17)10-12-4-2-5-13(19)8-12/h2-9,11H,10H2,1H3. The zero-order valence-electron chi connectivity index (χ0n) is 13.8. The van der Waals surface area contributed by atoms with Crippen LogP contribution in [0.2, 0.25) is 5.02 Å². The van der Waals surface area contributed by atoms with E-state index in [1.807, 2.05) is 36.4 Å². The Kier molecular flexibility index (Phi) is 4.14. The van der Waals surface area contributed by atoms with Crippen molar-refractivity contribution in [3.05, 3.63) is 75.8 Å². The Morgan fingerprint density at radius 1 is 1.15 bits per heavy atom. The highest BCUT2D eigenvalue weighted by Gasteiger charge is 2.14. The number of halogens is 1. The van der Waals surface area contributed by atoms with Crippen molar-refractivity contribution in [2.75, 3.05) is 7.11 Å². The third kappa shape index (κ3) is 2.93. The molecule has 2 aromatic heterocycles. The van der Waals surface area contributed by atoms with Crippen LogP contribution >= 0.6 is 11.6 Å². The van der Waals surface area contributed by atoms with E-state index in [0.29, 0.717) is 28.7 Å². The van der Waals surface area contributed by atoms with Crippen LogP contribution in [0.25, 0.3) is 16.9 Å². The van der Waals surface area contributed by atoms with E-state index in [9.17, 15) is 4.79 Å². The molecule has 26 heavy (non-hydrogen) atoms. The maximum absolute atomic E-state index is 12.7. The third-order valence-corrected chi connectivity index (χ3v) is 4.20. The number of hydrogen-bond donors (Lipinski definition) is 0. The Bertz CT molecular complexity index is 1150. The van der Waals surface area contributed by atoms with Crippen molar-refractivity contribution in [2.45, 2.75) is 6.54 Å². The van der Waals surface area contributed by atoms with Gasteiger partial charge in [-0.05, 0) is 29.8 Å². The van der Waals surface area contributed by atoms with Crippen LogP contribution < -0.4 is 10.3 Å². The molecule has 0 atom stereocenters. The topological polar surface area (TPSA) is 74.8 Å². The van der Waals surface area contributed by atoms with Gasteiger partial charge in [0, 0.05) is 11.1 Å². The van der Waals surface area contributed by atoms with E-state index in [2.05, 4.69) is 15.3 Å². The maximum Gasteiger partial charge on any atom is 0.283 e. The molecular formula is C18H14ClN5O2. The first-order valence-electron chi connectivity index (χ1n) is 7.85. The molecule has 0 spiro atoms. The van der Waals surface area contributed by atoms with Crippen molar-refractivity contribution in [1.29, 1.82) is 0 Å². The van der Waals surface area contributed by atoms with Gasteiger partial charge in [-0.2, -0.15) is 4.68 Å². The molecule has 4 rings (SSSR count). The van der Waals surface area contributed by atoms with E-state index in [1.165, 1.54) is 15.6 Å². The third-order valence-electron chi connectivity index (χ3n) is 3.97. The minimum Gasteiger partial charge on any atom is -0.497 e. The molecule has 0 saturated carbocycles. The van der Waals surface area contributed by atoms with Gasteiger partial charge in [-0.3, -0.25) is 9.36 Å². The van der Waals surface area contributed by atoms with Crippen LogP contribution in [0, 0.1) is 0 Å². The number of methoxy groups -OCH3 is 1. The van der Waals surface area contributed by atoms with Gasteiger partial charge in [-0.1, -0.05) is 35.0 Å². The fourth-order valence-corrected chi connectivity index (χ4v) is 2.92. The van der Waals surface area contributed by atoms with Gasteiger partial charge in [0.2, 0.25) is 0 Å². The van der Waals surface area contributed by atoms with Gasteiger partial charge in [-0.15, -0.1) is 5.10 Å². The van der Waals surface area contributed by atoms with Crippen LogP contribution in [0.5, 0.6) is 5.75 Å². The normalized spacial score (nSPS) is 11.0. The number of aromatic nitrogens is 5. The Labute approximate surface area is 153 Å². The Morgan fingerprint density at radius 2 is 2.00 bits per heavy atom. The van der Waals surface area contributed by atoms with Crippen LogP contribution in [0.15, 0.2) is 59.7 Å². The molecule has 8 heteroatoms. The fraction of sp³-hybridized carbons (Fsp3) is 0.111. The van der Waals surface area contributed by atoms with Crippen LogP contribution in [-0.4, -0.2) is 31.7 Å². The molecule has 4 aromatic rings. The predicted molar refractivity (Wildman–Crippen MR) is 98.0 cm³/mol. The lowest BCUT2D eigenvalue weighted by atomic mass is 10.2. The number of hydrogen-bond acceptors (Lipinski definition) is 5. The summed E-state index contributed by atoms with van der Waals surface area (Å²) in [6, 6.07) is 14.6. The smallest absolute Gasteiger partial charge is 0.283 e. The maximum atomic E-state index is 12.7. The largest absolute Gasteiger partial charge is 0.497 e. The lowest BCUT2D eigenvalue weighted by Gasteiger charge is -2.06. The van der Waals surface area contributed by atoms with Gasteiger partial charge in [0.05, 0.1) is 19.3 Å². The Morgan fingerprint density at radius 3 is 2.81 bits per heavy atom. The van der Waals surface area contributed by atoms with Crippen molar-refractivity contribution < 1.29 is 4.74 Å². The molecule has 0 fully saturated rings. The van der Waals surface area contributed by atoms with E-state index >= 15 is 0 Å². The highest BCUT2D eigenvalue weighted by molar-refractivity contribution is 6.30. The van der Waals surface area contributed by atoms with Crippen molar-refractivity contribution in [3.8, 4) is 11.4 Å². The molecule has 7 nitrogen and oxygen atoms in total. The van der Waals surface area contributed by atoms with Gasteiger partial charge in [-0.25, -0.2) is 4.98 Å². The van der Waals surface area contributed by atoms with E-state index in [1.54, 1.807) is 19.2 Å². The molecule has 0 aliphatic heterocycles. The minimum absolute atomic E-state index is 0.206. The fourth-order valence-electron chi connectivity index (χ4n) is 2.70. The molecular weight excluding hydrogens is 354 g/mol. The first-order chi connectivity index (χ1) is 12.7. The monoisotopic (exact) mass is 367 g/mol. The summed E-state index contributed by atoms with van der Waals surface area (Å²) < 4.78 is 8.23. The summed E-state index contributed by atoms with van der Waals surface area (Å²) >= 11 is 6.00. The van der Waals surface area contributed by atoms with Crippen molar-refractivity contribution in [1.82, 2.24) is 24.5 Å². The highest BCUT2D eigenvalue weighted by Crippen LogP contribution is 2.18. The molecule has 0 radical (unpaired) electrons. The zero-order valence-corrected chi connectivity index (χ0v) is 14.6. The molecule has 0 aliphatic carbocycles. The Hall–Kier alpha value is -3.19. The second-order valence-corrected chi connectivity index (χ2v) is 6.12. The number of rotatable bonds is 4. The number of fused-ring (bicyclic) bond motifs is 1. The van der Waals surface area contributed by atoms with Gasteiger partial charge >= 0.3 is 0 Å². The predicted octanol–water partition coefficient (Wildman–Crippen LogP) is 2.69. The number of ether oxygens (including phenoxy) is 1. The van der Waals surface area contributed by atoms with Crippen LogP contribution in [-0.2, 0) is 6.54 Å². The highest BCUT2D eigenvalue weighted by atomic mass is 35.5. The molecule has 2 aromatic carbocycles. The summed E-state index contributed by atoms with van der Waals surface area (Å²) in [5.41, 5.74) is 1.96. The lowest BCUT2D eigenvalue weighted by molar-refractivity contribution is 0.414. The van der Waals surface area contributed by atoms with Crippen molar-refractivity contribution in [3.63, 3.8) is 0 Å². The summed E-state index contributed by atoms with van der Waals surface area (Å²) in [5.74, 6) is 0.681. The second kappa shape index (κ2) is 6.61. The minimum atomic E-state index is -0.260. The molecule has 0 aliphatic rings. The molecule has 0 amide bonds. The molecule has 0 saturated heterocycles. The average Bonchev–Trinajstić information content (AvgIpc) is 3.09. The SMILES string of the molecule is COc1cccc(-n2nnc3c(=O)n(Cc4cccc(Cl)c4)cnc32)c1. The quantitative estimate of drug-likeness (QED) is 0.554. The van der Waals surface area contributed by atoms with E-state index in [4.69, 9.17) is 16.3 Å². The molecule has 0 N–H and O–H groups in total. The van der Waals surface area contributed by atoms with Crippen molar-refractivity contribution in [2.24, 2.45) is 0 Å². The van der Waals surface area contributed by atoms with Crippen LogP contribution in [0.1, 0.15) is 5.56 Å². The zero-order chi connectivity index (χ0) is 18.1. The molecule has 130 valence electrons. The van der Waals surface area contributed by atoms with Gasteiger partial charge in [0.1, 0.15) is 12.1 Å². The van der Waals surface area contributed by atoms with Crippen LogP contribution in [0.4, 0.5) is 0 Å². The first-order valence-corrected chi connectivity index (χ1v) is 8.23. The van der Waals surface area contributed by atoms with E-state index in [0.717, 1.165) is 5.56 Å². The Balaban J connectivity index is 1.77. The van der Waals surface area contributed by atoms with Crippen LogP contribution in [0.3, 0.4) is 0 Å². The summed E-state index contributed by atoms with van der Waals surface area (Å²) in [6.45, 7) is 0.356. The summed E-state index contributed by atoms with van der Waals surface area (Å²) in [4.78, 5) is 17.1. The number of benzene rings is 2. The summed E-state index contributed by atoms with van der Waals surface area (Å²) in [7, 11) is 1.59. The van der Waals surface area contributed by atoms with Crippen molar-refractivity contribution >= 4 is 22.8 Å². The summed E-state index contributed by atoms with van der Waals surface area (Å²) in [5, 5.41) is 8.72. The average molecular weight is 368 g/mol. The van der Waals surface area contributed by atoms with E-state index < -0.39 is 0 Å². The van der Waals surface area contributed by atoms with Gasteiger partial charge in [0.15, 0.2) is 11.2 Å². The number of nitrogens with zero attached hydrogens (tertiary/aromatic N) is 5. The second-order valence-electron chi connectivity index (χ2n) is 5.68. The molecule has 0 unspecified atom stereocenters. The molecule has 0 bridgehead atoms. The molecule has 2 heterocycles.